The lowest BCUT2D eigenvalue weighted by Gasteiger charge is -2.21. The van der Waals surface area contributed by atoms with E-state index in [9.17, 15) is 0 Å². The van der Waals surface area contributed by atoms with Crippen LogP contribution in [0, 0.1) is 0 Å². The SMILES string of the molecule is C=C(NC(NC)c1ccccc1)c1ccccc1. The van der Waals surface area contributed by atoms with Gasteiger partial charge in [0.05, 0.1) is 0 Å². The highest BCUT2D eigenvalue weighted by Gasteiger charge is 2.09. The molecule has 2 heteroatoms. The zero-order chi connectivity index (χ0) is 12.8. The molecular weight excluding hydrogens is 220 g/mol. The highest BCUT2D eigenvalue weighted by Crippen LogP contribution is 2.15. The molecule has 0 radical (unpaired) electrons. The van der Waals surface area contributed by atoms with Crippen LogP contribution in [0.3, 0.4) is 0 Å². The summed E-state index contributed by atoms with van der Waals surface area (Å²) in [4.78, 5) is 0. The Morgan fingerprint density at radius 2 is 1.50 bits per heavy atom. The molecule has 0 aliphatic heterocycles. The largest absolute Gasteiger partial charge is 0.366 e. The van der Waals surface area contributed by atoms with Crippen LogP contribution in [0.4, 0.5) is 0 Å². The van der Waals surface area contributed by atoms with Gasteiger partial charge in [-0.25, -0.2) is 0 Å². The van der Waals surface area contributed by atoms with Crippen LogP contribution >= 0.6 is 0 Å². The summed E-state index contributed by atoms with van der Waals surface area (Å²) in [6, 6.07) is 20.4. The molecule has 0 fully saturated rings. The summed E-state index contributed by atoms with van der Waals surface area (Å²) < 4.78 is 0. The third-order valence-corrected chi connectivity index (χ3v) is 2.86. The van der Waals surface area contributed by atoms with Crippen molar-refractivity contribution in [2.24, 2.45) is 0 Å². The molecule has 18 heavy (non-hydrogen) atoms. The fourth-order valence-electron chi connectivity index (χ4n) is 1.86. The van der Waals surface area contributed by atoms with Crippen LogP contribution in [-0.2, 0) is 0 Å². The van der Waals surface area contributed by atoms with Gasteiger partial charge in [-0.3, -0.25) is 5.32 Å². The van der Waals surface area contributed by atoms with Crippen molar-refractivity contribution in [3.05, 3.63) is 78.4 Å². The minimum absolute atomic E-state index is 0.0684. The minimum atomic E-state index is 0.0684. The molecule has 2 N–H and O–H groups in total. The predicted octanol–water partition coefficient (Wildman–Crippen LogP) is 3.17. The summed E-state index contributed by atoms with van der Waals surface area (Å²) in [6.07, 6.45) is 0.0684. The van der Waals surface area contributed by atoms with Gasteiger partial charge in [-0.15, -0.1) is 0 Å². The number of benzene rings is 2. The number of hydrogen-bond acceptors (Lipinski definition) is 2. The fraction of sp³-hybridized carbons (Fsp3) is 0.125. The van der Waals surface area contributed by atoms with Crippen molar-refractivity contribution in [2.75, 3.05) is 7.05 Å². The van der Waals surface area contributed by atoms with Crippen LogP contribution in [-0.4, -0.2) is 7.05 Å². The molecule has 0 spiro atoms. The van der Waals surface area contributed by atoms with Gasteiger partial charge in [0.1, 0.15) is 6.17 Å². The van der Waals surface area contributed by atoms with Gasteiger partial charge < -0.3 is 5.32 Å². The Labute approximate surface area is 108 Å². The number of hydrogen-bond donors (Lipinski definition) is 2. The van der Waals surface area contributed by atoms with Crippen LogP contribution < -0.4 is 10.6 Å². The zero-order valence-electron chi connectivity index (χ0n) is 10.6. The average molecular weight is 238 g/mol. The molecule has 0 aliphatic rings. The van der Waals surface area contributed by atoms with Crippen LogP contribution in [0.1, 0.15) is 17.3 Å². The van der Waals surface area contributed by atoms with E-state index in [2.05, 4.69) is 29.3 Å². The third-order valence-electron chi connectivity index (χ3n) is 2.86. The maximum absolute atomic E-state index is 4.09. The summed E-state index contributed by atoms with van der Waals surface area (Å²) in [7, 11) is 1.93. The molecule has 0 saturated carbocycles. The number of rotatable bonds is 5. The molecule has 0 bridgehead atoms. The second-order valence-corrected chi connectivity index (χ2v) is 4.12. The first-order valence-electron chi connectivity index (χ1n) is 6.04. The quantitative estimate of drug-likeness (QED) is 0.782. The zero-order valence-corrected chi connectivity index (χ0v) is 10.6. The van der Waals surface area contributed by atoms with E-state index in [-0.39, 0.29) is 6.17 Å². The van der Waals surface area contributed by atoms with Gasteiger partial charge in [-0.05, 0) is 18.2 Å². The first-order valence-corrected chi connectivity index (χ1v) is 6.04. The van der Waals surface area contributed by atoms with Crippen molar-refractivity contribution >= 4 is 5.70 Å². The van der Waals surface area contributed by atoms with E-state index in [4.69, 9.17) is 0 Å². The summed E-state index contributed by atoms with van der Waals surface area (Å²) >= 11 is 0. The van der Waals surface area contributed by atoms with Gasteiger partial charge in [-0.2, -0.15) is 0 Å². The van der Waals surface area contributed by atoms with E-state index in [0.717, 1.165) is 11.3 Å². The fourth-order valence-corrected chi connectivity index (χ4v) is 1.86. The van der Waals surface area contributed by atoms with E-state index in [1.165, 1.54) is 5.56 Å². The molecule has 0 amide bonds. The maximum Gasteiger partial charge on any atom is 0.103 e. The second-order valence-electron chi connectivity index (χ2n) is 4.12. The third kappa shape index (κ3) is 2.99. The van der Waals surface area contributed by atoms with Gasteiger partial charge in [0.2, 0.25) is 0 Å². The van der Waals surface area contributed by atoms with Crippen molar-refractivity contribution in [3.8, 4) is 0 Å². The van der Waals surface area contributed by atoms with Gasteiger partial charge in [0.25, 0.3) is 0 Å². The topological polar surface area (TPSA) is 24.1 Å². The molecule has 2 aromatic rings. The Morgan fingerprint density at radius 1 is 0.944 bits per heavy atom. The van der Waals surface area contributed by atoms with Crippen LogP contribution in [0.25, 0.3) is 5.70 Å². The van der Waals surface area contributed by atoms with Crippen molar-refractivity contribution in [1.29, 1.82) is 0 Å². The Bertz CT molecular complexity index is 491. The summed E-state index contributed by atoms with van der Waals surface area (Å²) in [5.74, 6) is 0. The van der Waals surface area contributed by atoms with E-state index in [0.29, 0.717) is 0 Å². The van der Waals surface area contributed by atoms with Crippen molar-refractivity contribution in [1.82, 2.24) is 10.6 Å². The molecule has 2 nitrogen and oxygen atoms in total. The molecule has 92 valence electrons. The lowest BCUT2D eigenvalue weighted by molar-refractivity contribution is 0.551. The number of nitrogens with one attached hydrogen (secondary N) is 2. The molecule has 0 saturated heterocycles. The van der Waals surface area contributed by atoms with E-state index in [1.54, 1.807) is 0 Å². The second kappa shape index (κ2) is 6.03. The van der Waals surface area contributed by atoms with Crippen LogP contribution in [0.2, 0.25) is 0 Å². The predicted molar refractivity (Wildman–Crippen MR) is 76.9 cm³/mol. The van der Waals surface area contributed by atoms with Gasteiger partial charge in [0, 0.05) is 5.70 Å². The lowest BCUT2D eigenvalue weighted by atomic mass is 10.1. The smallest absolute Gasteiger partial charge is 0.103 e. The molecule has 0 heterocycles. The molecule has 1 atom stereocenters. The molecule has 2 rings (SSSR count). The highest BCUT2D eigenvalue weighted by molar-refractivity contribution is 5.61. The first kappa shape index (κ1) is 12.4. The summed E-state index contributed by atoms with van der Waals surface area (Å²) in [5.41, 5.74) is 3.21. The lowest BCUT2D eigenvalue weighted by Crippen LogP contribution is -2.30. The molecule has 0 aliphatic carbocycles. The monoisotopic (exact) mass is 238 g/mol. The van der Waals surface area contributed by atoms with Crippen LogP contribution in [0.5, 0.6) is 0 Å². The summed E-state index contributed by atoms with van der Waals surface area (Å²) in [5, 5.41) is 6.64. The maximum atomic E-state index is 4.09. The van der Waals surface area contributed by atoms with Crippen LogP contribution in [0.15, 0.2) is 67.2 Å². The highest BCUT2D eigenvalue weighted by atomic mass is 15.1. The first-order chi connectivity index (χ1) is 8.81. The molecule has 0 aromatic heterocycles. The normalized spacial score (nSPS) is 11.8. The Morgan fingerprint density at radius 3 is 2.06 bits per heavy atom. The van der Waals surface area contributed by atoms with Gasteiger partial charge in [-0.1, -0.05) is 67.2 Å². The minimum Gasteiger partial charge on any atom is -0.366 e. The van der Waals surface area contributed by atoms with Crippen molar-refractivity contribution in [3.63, 3.8) is 0 Å². The molecular formula is C16H18N2. The molecule has 2 aromatic carbocycles. The molecule has 1 unspecified atom stereocenters. The van der Waals surface area contributed by atoms with Gasteiger partial charge in [0.15, 0.2) is 0 Å². The Balaban J connectivity index is 2.10. The summed E-state index contributed by atoms with van der Waals surface area (Å²) in [6.45, 7) is 4.09. The van der Waals surface area contributed by atoms with Crippen molar-refractivity contribution in [2.45, 2.75) is 6.17 Å². The Kier molecular flexibility index (Phi) is 4.15. The van der Waals surface area contributed by atoms with E-state index in [1.807, 2.05) is 55.6 Å². The Hall–Kier alpha value is -2.06. The van der Waals surface area contributed by atoms with Gasteiger partial charge >= 0.3 is 0 Å². The van der Waals surface area contributed by atoms with E-state index < -0.39 is 0 Å². The standard InChI is InChI=1S/C16H18N2/c1-13(14-9-5-3-6-10-14)18-16(17-2)15-11-7-4-8-12-15/h3-12,16-18H,1H2,2H3. The average Bonchev–Trinajstić information content (AvgIpc) is 2.46. The van der Waals surface area contributed by atoms with Crippen molar-refractivity contribution < 1.29 is 0 Å². The van der Waals surface area contributed by atoms with E-state index >= 15 is 0 Å².